The van der Waals surface area contributed by atoms with Crippen LogP contribution in [0.3, 0.4) is 0 Å². The first-order valence-corrected chi connectivity index (χ1v) is 8.80. The molecule has 0 radical (unpaired) electrons. The van der Waals surface area contributed by atoms with Crippen LogP contribution < -0.4 is 5.32 Å². The SMILES string of the molecule is Cc1ccc(NC(=O)N(Cc2ccccc2)C(C)C2CC2)c(Cl)c1. The summed E-state index contributed by atoms with van der Waals surface area (Å²) in [4.78, 5) is 14.8. The number of rotatable bonds is 5. The van der Waals surface area contributed by atoms with Crippen molar-refractivity contribution in [1.29, 1.82) is 0 Å². The molecule has 1 unspecified atom stereocenters. The Bertz CT molecular complexity index is 713. The lowest BCUT2D eigenvalue weighted by atomic mass is 10.1. The van der Waals surface area contributed by atoms with Crippen molar-refractivity contribution in [1.82, 2.24) is 4.90 Å². The first-order valence-electron chi connectivity index (χ1n) is 8.42. The topological polar surface area (TPSA) is 32.3 Å². The Hall–Kier alpha value is -2.00. The molecule has 126 valence electrons. The third-order valence-corrected chi connectivity index (χ3v) is 4.93. The molecule has 0 bridgehead atoms. The molecule has 0 aliphatic heterocycles. The summed E-state index contributed by atoms with van der Waals surface area (Å²) in [5.41, 5.74) is 2.87. The first kappa shape index (κ1) is 16.8. The standard InChI is InChI=1S/C20H23ClN2O/c1-14-8-11-19(18(21)12-14)22-20(24)23(15(2)17-9-10-17)13-16-6-4-3-5-7-16/h3-8,11-12,15,17H,9-10,13H2,1-2H3,(H,22,24). The van der Waals surface area contributed by atoms with E-state index in [1.807, 2.05) is 48.2 Å². The average Bonchev–Trinajstić information content (AvgIpc) is 3.40. The fourth-order valence-electron chi connectivity index (χ4n) is 2.92. The van der Waals surface area contributed by atoms with Crippen LogP contribution in [0.4, 0.5) is 10.5 Å². The molecule has 2 aromatic carbocycles. The van der Waals surface area contributed by atoms with E-state index in [4.69, 9.17) is 11.6 Å². The molecular formula is C20H23ClN2O. The molecule has 3 rings (SSSR count). The second-order valence-corrected chi connectivity index (χ2v) is 7.01. The maximum Gasteiger partial charge on any atom is 0.322 e. The van der Waals surface area contributed by atoms with Gasteiger partial charge in [0.15, 0.2) is 0 Å². The highest BCUT2D eigenvalue weighted by atomic mass is 35.5. The van der Waals surface area contributed by atoms with Gasteiger partial charge in [0.1, 0.15) is 0 Å². The van der Waals surface area contributed by atoms with Crippen molar-refractivity contribution >= 4 is 23.3 Å². The number of benzene rings is 2. The number of hydrogen-bond acceptors (Lipinski definition) is 1. The normalized spacial score (nSPS) is 15.0. The number of amides is 2. The van der Waals surface area contributed by atoms with Crippen molar-refractivity contribution in [3.05, 3.63) is 64.7 Å². The lowest BCUT2D eigenvalue weighted by molar-refractivity contribution is 0.181. The zero-order valence-electron chi connectivity index (χ0n) is 14.1. The summed E-state index contributed by atoms with van der Waals surface area (Å²) in [6.45, 7) is 4.72. The van der Waals surface area contributed by atoms with Crippen LogP contribution in [0.5, 0.6) is 0 Å². The molecule has 1 aliphatic carbocycles. The number of anilines is 1. The Labute approximate surface area is 148 Å². The van der Waals surface area contributed by atoms with Crippen molar-refractivity contribution < 1.29 is 4.79 Å². The summed E-state index contributed by atoms with van der Waals surface area (Å²) in [6.07, 6.45) is 2.40. The molecule has 0 spiro atoms. The monoisotopic (exact) mass is 342 g/mol. The van der Waals surface area contributed by atoms with Gasteiger partial charge in [0.25, 0.3) is 0 Å². The maximum atomic E-state index is 12.9. The van der Waals surface area contributed by atoms with Crippen LogP contribution in [-0.2, 0) is 6.54 Å². The van der Waals surface area contributed by atoms with E-state index in [-0.39, 0.29) is 12.1 Å². The van der Waals surface area contributed by atoms with Gasteiger partial charge in [0.2, 0.25) is 0 Å². The minimum Gasteiger partial charge on any atom is -0.317 e. The number of urea groups is 1. The predicted octanol–water partition coefficient (Wildman–Crippen LogP) is 5.48. The van der Waals surface area contributed by atoms with Crippen molar-refractivity contribution in [2.24, 2.45) is 5.92 Å². The van der Waals surface area contributed by atoms with Gasteiger partial charge in [-0.25, -0.2) is 4.79 Å². The second kappa shape index (κ2) is 7.27. The smallest absolute Gasteiger partial charge is 0.317 e. The summed E-state index contributed by atoms with van der Waals surface area (Å²) in [7, 11) is 0. The number of hydrogen-bond donors (Lipinski definition) is 1. The summed E-state index contributed by atoms with van der Waals surface area (Å²) in [5, 5.41) is 3.55. The van der Waals surface area contributed by atoms with Crippen molar-refractivity contribution in [2.75, 3.05) is 5.32 Å². The summed E-state index contributed by atoms with van der Waals surface area (Å²) >= 11 is 6.26. The number of carbonyl (C=O) groups is 1. The quantitative estimate of drug-likeness (QED) is 0.766. The second-order valence-electron chi connectivity index (χ2n) is 6.60. The Morgan fingerprint density at radius 1 is 1.25 bits per heavy atom. The molecular weight excluding hydrogens is 320 g/mol. The third kappa shape index (κ3) is 4.09. The fourth-order valence-corrected chi connectivity index (χ4v) is 3.20. The maximum absolute atomic E-state index is 12.9. The zero-order chi connectivity index (χ0) is 17.1. The lowest BCUT2D eigenvalue weighted by Crippen LogP contribution is -2.42. The van der Waals surface area contributed by atoms with Crippen molar-refractivity contribution in [2.45, 2.75) is 39.3 Å². The molecule has 1 atom stereocenters. The van der Waals surface area contributed by atoms with E-state index in [0.29, 0.717) is 23.2 Å². The van der Waals surface area contributed by atoms with E-state index in [1.54, 1.807) is 0 Å². The van der Waals surface area contributed by atoms with Crippen LogP contribution in [0.1, 0.15) is 30.9 Å². The minimum atomic E-state index is -0.0935. The van der Waals surface area contributed by atoms with E-state index >= 15 is 0 Å². The van der Waals surface area contributed by atoms with Crippen molar-refractivity contribution in [3.8, 4) is 0 Å². The molecule has 0 aromatic heterocycles. The van der Waals surface area contributed by atoms with Crippen LogP contribution >= 0.6 is 11.6 Å². The van der Waals surface area contributed by atoms with Gasteiger partial charge >= 0.3 is 6.03 Å². The zero-order valence-corrected chi connectivity index (χ0v) is 14.9. The predicted molar refractivity (Wildman–Crippen MR) is 99.4 cm³/mol. The number of nitrogens with one attached hydrogen (secondary N) is 1. The number of halogens is 1. The molecule has 0 heterocycles. The molecule has 4 heteroatoms. The van der Waals surface area contributed by atoms with Gasteiger partial charge in [-0.05, 0) is 55.9 Å². The van der Waals surface area contributed by atoms with Crippen LogP contribution in [0.15, 0.2) is 48.5 Å². The third-order valence-electron chi connectivity index (χ3n) is 4.62. The van der Waals surface area contributed by atoms with E-state index in [9.17, 15) is 4.79 Å². The molecule has 1 fully saturated rings. The fraction of sp³-hybridized carbons (Fsp3) is 0.350. The highest BCUT2D eigenvalue weighted by molar-refractivity contribution is 6.33. The molecule has 1 aliphatic rings. The van der Waals surface area contributed by atoms with Gasteiger partial charge < -0.3 is 10.2 Å². The molecule has 2 aromatic rings. The average molecular weight is 343 g/mol. The molecule has 3 nitrogen and oxygen atoms in total. The summed E-state index contributed by atoms with van der Waals surface area (Å²) < 4.78 is 0. The molecule has 24 heavy (non-hydrogen) atoms. The Morgan fingerprint density at radius 3 is 2.58 bits per heavy atom. The Kier molecular flexibility index (Phi) is 5.10. The highest BCUT2D eigenvalue weighted by Crippen LogP contribution is 2.36. The van der Waals surface area contributed by atoms with E-state index in [2.05, 4.69) is 24.4 Å². The van der Waals surface area contributed by atoms with Crippen molar-refractivity contribution in [3.63, 3.8) is 0 Å². The Morgan fingerprint density at radius 2 is 1.96 bits per heavy atom. The van der Waals surface area contributed by atoms with E-state index in [1.165, 1.54) is 12.8 Å². The van der Waals surface area contributed by atoms with E-state index in [0.717, 1.165) is 11.1 Å². The van der Waals surface area contributed by atoms with Crippen LogP contribution in [0.25, 0.3) is 0 Å². The first-order chi connectivity index (χ1) is 11.5. The van der Waals surface area contributed by atoms with Gasteiger partial charge in [0.05, 0.1) is 10.7 Å². The molecule has 1 N–H and O–H groups in total. The number of nitrogens with zero attached hydrogens (tertiary/aromatic N) is 1. The van der Waals surface area contributed by atoms with Gasteiger partial charge in [-0.15, -0.1) is 0 Å². The molecule has 0 saturated heterocycles. The lowest BCUT2D eigenvalue weighted by Gasteiger charge is -2.30. The van der Waals surface area contributed by atoms with Crippen LogP contribution in [0, 0.1) is 12.8 Å². The van der Waals surface area contributed by atoms with Gasteiger partial charge in [0, 0.05) is 12.6 Å². The van der Waals surface area contributed by atoms with Gasteiger partial charge in [-0.2, -0.15) is 0 Å². The highest BCUT2D eigenvalue weighted by Gasteiger charge is 2.34. The van der Waals surface area contributed by atoms with Crippen LogP contribution in [-0.4, -0.2) is 17.0 Å². The molecule has 1 saturated carbocycles. The minimum absolute atomic E-state index is 0.0935. The van der Waals surface area contributed by atoms with Gasteiger partial charge in [-0.3, -0.25) is 0 Å². The number of carbonyl (C=O) groups excluding carboxylic acids is 1. The van der Waals surface area contributed by atoms with E-state index < -0.39 is 0 Å². The summed E-state index contributed by atoms with van der Waals surface area (Å²) in [6, 6.07) is 15.9. The van der Waals surface area contributed by atoms with Crippen LogP contribution in [0.2, 0.25) is 5.02 Å². The van der Waals surface area contributed by atoms with Gasteiger partial charge in [-0.1, -0.05) is 48.0 Å². The Balaban J connectivity index is 1.77. The molecule has 2 amide bonds. The number of aryl methyl sites for hydroxylation is 1. The largest absolute Gasteiger partial charge is 0.322 e. The summed E-state index contributed by atoms with van der Waals surface area (Å²) in [5.74, 6) is 0.605.